The monoisotopic (exact) mass is 1360 g/mol. The van der Waals surface area contributed by atoms with Crippen molar-refractivity contribution in [1.82, 2.24) is 59.6 Å². The smallest absolute Gasteiger partial charge is 0.273 e. The molecule has 0 radical (unpaired) electrons. The fourth-order valence-corrected chi connectivity index (χ4v) is 12.6. The first-order valence-electron chi connectivity index (χ1n) is 34.8. The van der Waals surface area contributed by atoms with Gasteiger partial charge in [-0.05, 0) is 101 Å². The zero-order valence-corrected chi connectivity index (χ0v) is 63.3. The zero-order chi connectivity index (χ0) is 73.8. The first-order chi connectivity index (χ1) is 44.5. The van der Waals surface area contributed by atoms with Gasteiger partial charge in [-0.1, -0.05) is 109 Å². The standard InChI is InChI=1S/C70H126N12O14/c1-27-29-30-47(15)58(83)57-68(93)74(19)50(28-2)62(87)81(26)70(96-36-33-82-31-34-95-35-32-82)69(94)75(20)51(37-41(3)4)60(85)72-55(45(11)12)66(91)78(23)52(38-42(5)6)63(88)73(18)49(17)59(84)71-48(16)61(86)76(21)53(39-43(7)8)64(89)77(22)54(40-44(9)10)65(90)79(24)56(46(13)14)67(92)80(57)25/h27,29,41-58,70,83H,28,30-40H2,1-26H3,(H,71,84)(H,72,85)/b29-27+/t47-,48-,49+,50+,51+,52+,53+,54+,55+,56+,57+,58-,70-/m1/s1. The van der Waals surface area contributed by atoms with Crippen LogP contribution >= 0.6 is 0 Å². The summed E-state index contributed by atoms with van der Waals surface area (Å²) in [5.41, 5.74) is 0. The topological polar surface area (TPSA) is 283 Å². The molecule has 2 heterocycles. The van der Waals surface area contributed by atoms with Crippen LogP contribution in [0.5, 0.6) is 0 Å². The molecular weight excluding hydrogens is 1230 g/mol. The summed E-state index contributed by atoms with van der Waals surface area (Å²) in [5.74, 6) is -10.1. The van der Waals surface area contributed by atoms with Crippen LogP contribution in [0.3, 0.4) is 0 Å². The van der Waals surface area contributed by atoms with E-state index in [2.05, 4.69) is 15.5 Å². The molecule has 0 bridgehead atoms. The molecule has 550 valence electrons. The minimum absolute atomic E-state index is 0.0216. The fourth-order valence-electron chi connectivity index (χ4n) is 12.6. The van der Waals surface area contributed by atoms with Crippen molar-refractivity contribution in [3.8, 4) is 0 Å². The maximum Gasteiger partial charge on any atom is 0.273 e. The molecule has 0 aromatic rings. The summed E-state index contributed by atoms with van der Waals surface area (Å²) in [6.07, 6.45) is 1.17. The molecule has 11 amide bonds. The number of aliphatic hydroxyl groups excluding tert-OH is 1. The van der Waals surface area contributed by atoms with Crippen LogP contribution in [0.15, 0.2) is 12.2 Å². The minimum atomic E-state index is -1.69. The maximum absolute atomic E-state index is 15.6. The molecule has 0 spiro atoms. The van der Waals surface area contributed by atoms with E-state index in [1.165, 1.54) is 107 Å². The Kier molecular flexibility index (Phi) is 35.2. The van der Waals surface area contributed by atoms with E-state index < -0.39 is 155 Å². The Hall–Kier alpha value is -6.25. The molecule has 0 unspecified atom stereocenters. The number of carbonyl (C=O) groups excluding carboxylic acids is 11. The zero-order valence-electron chi connectivity index (χ0n) is 63.3. The third-order valence-corrected chi connectivity index (χ3v) is 19.0. The van der Waals surface area contributed by atoms with E-state index in [-0.39, 0.29) is 62.4 Å². The van der Waals surface area contributed by atoms with Gasteiger partial charge in [0.05, 0.1) is 25.9 Å². The molecule has 2 saturated heterocycles. The van der Waals surface area contributed by atoms with Crippen molar-refractivity contribution in [2.75, 3.05) is 103 Å². The van der Waals surface area contributed by atoms with Gasteiger partial charge in [0, 0.05) is 83.1 Å². The number of nitrogens with one attached hydrogen (secondary N) is 2. The van der Waals surface area contributed by atoms with Gasteiger partial charge in [-0.25, -0.2) is 0 Å². The highest BCUT2D eigenvalue weighted by Gasteiger charge is 2.48. The number of rotatable bonds is 19. The third-order valence-electron chi connectivity index (χ3n) is 19.0. The van der Waals surface area contributed by atoms with Crippen molar-refractivity contribution in [2.24, 2.45) is 41.4 Å². The molecule has 3 N–H and O–H groups in total. The van der Waals surface area contributed by atoms with E-state index in [4.69, 9.17) is 9.47 Å². The number of hydrogen-bond donors (Lipinski definition) is 3. The lowest BCUT2D eigenvalue weighted by molar-refractivity contribution is -0.171. The summed E-state index contributed by atoms with van der Waals surface area (Å²) < 4.78 is 12.0. The quantitative estimate of drug-likeness (QED) is 0.156. The summed E-state index contributed by atoms with van der Waals surface area (Å²) in [5, 5.41) is 18.1. The number of carbonyl (C=O) groups is 11. The molecule has 2 aliphatic heterocycles. The lowest BCUT2D eigenvalue weighted by Crippen LogP contribution is -2.64. The predicted molar refractivity (Wildman–Crippen MR) is 370 cm³/mol. The van der Waals surface area contributed by atoms with E-state index in [0.29, 0.717) is 39.3 Å². The lowest BCUT2D eigenvalue weighted by atomic mass is 9.91. The Bertz CT molecular complexity index is 2630. The molecule has 13 atom stereocenters. The van der Waals surface area contributed by atoms with E-state index in [1.807, 2.05) is 68.4 Å². The molecule has 0 aromatic heterocycles. The minimum Gasteiger partial charge on any atom is -0.390 e. The van der Waals surface area contributed by atoms with Gasteiger partial charge in [-0.15, -0.1) is 0 Å². The molecule has 2 rings (SSSR count). The fraction of sp³-hybridized carbons (Fsp3) is 0.814. The highest BCUT2D eigenvalue weighted by atomic mass is 16.5. The van der Waals surface area contributed by atoms with Crippen LogP contribution in [0, 0.1) is 41.4 Å². The number of hydrogen-bond acceptors (Lipinski definition) is 15. The lowest BCUT2D eigenvalue weighted by Gasteiger charge is -2.43. The van der Waals surface area contributed by atoms with Crippen LogP contribution < -0.4 is 10.6 Å². The second kappa shape index (κ2) is 39.4. The average molecular weight is 1360 g/mol. The molecule has 26 nitrogen and oxygen atoms in total. The van der Waals surface area contributed by atoms with Crippen molar-refractivity contribution in [3.05, 3.63) is 12.2 Å². The molecule has 2 fully saturated rings. The highest BCUT2D eigenvalue weighted by molar-refractivity contribution is 6.00. The van der Waals surface area contributed by atoms with Gasteiger partial charge in [0.25, 0.3) is 5.91 Å². The van der Waals surface area contributed by atoms with Crippen LogP contribution in [0.1, 0.15) is 156 Å². The third kappa shape index (κ3) is 22.9. The van der Waals surface area contributed by atoms with Crippen LogP contribution in [0.4, 0.5) is 0 Å². The number of likely N-dealkylation sites (N-methyl/N-ethyl adjacent to an activating group) is 9. The van der Waals surface area contributed by atoms with Crippen LogP contribution in [0.2, 0.25) is 0 Å². The normalized spacial score (nSPS) is 27.4. The van der Waals surface area contributed by atoms with E-state index in [0.717, 1.165) is 14.7 Å². The number of amides is 11. The Morgan fingerprint density at radius 2 is 0.885 bits per heavy atom. The molecule has 26 heteroatoms. The number of aliphatic hydroxyl groups is 1. The van der Waals surface area contributed by atoms with Gasteiger partial charge in [0.1, 0.15) is 60.4 Å². The number of ether oxygens (including phenoxy) is 2. The van der Waals surface area contributed by atoms with E-state index in [1.54, 1.807) is 47.6 Å². The molecule has 0 saturated carbocycles. The summed E-state index contributed by atoms with van der Waals surface area (Å²) >= 11 is 0. The summed E-state index contributed by atoms with van der Waals surface area (Å²) in [6, 6.07) is -12.7. The summed E-state index contributed by atoms with van der Waals surface area (Å²) in [6.45, 7) is 32.5. The van der Waals surface area contributed by atoms with Gasteiger partial charge < -0.3 is 69.3 Å². The molecule has 96 heavy (non-hydrogen) atoms. The average Bonchev–Trinajstić information content (AvgIpc) is 0.801. The Morgan fingerprint density at radius 3 is 1.34 bits per heavy atom. The SMILES string of the molecule is C/C=C/C[C@@H](C)[C@@H](O)[C@H]1C(=O)N(C)[C@@H](CC)C(=O)N(C)[C@H](OCCN2CCOCC2)C(=O)N(C)[C@@H](CC(C)C)C(=O)N[C@@H](C(C)C)C(=O)N(C)[C@@H](CC(C)C)C(=O)N(C)[C@@H](C)C(=O)N[C@H](C)C(=O)N(C)[C@@H](CC(C)C)C(=O)N(C)[C@@H](CC(C)C)C(=O)N(C)[C@@H](C(C)C)C(=O)N1C. The molecule has 0 aromatic carbocycles. The summed E-state index contributed by atoms with van der Waals surface area (Å²) in [7, 11) is 12.8. The Balaban J connectivity index is 3.17. The van der Waals surface area contributed by atoms with E-state index in [9.17, 15) is 24.3 Å². The van der Waals surface area contributed by atoms with Crippen molar-refractivity contribution >= 4 is 65.0 Å². The predicted octanol–water partition coefficient (Wildman–Crippen LogP) is 3.63. The van der Waals surface area contributed by atoms with Crippen molar-refractivity contribution in [1.29, 1.82) is 0 Å². The van der Waals surface area contributed by atoms with Gasteiger partial charge in [-0.2, -0.15) is 0 Å². The van der Waals surface area contributed by atoms with Crippen molar-refractivity contribution in [3.63, 3.8) is 0 Å². The second-order valence-electron chi connectivity index (χ2n) is 29.3. The van der Waals surface area contributed by atoms with E-state index >= 15 is 33.6 Å². The molecular formula is C70H126N12O14. The van der Waals surface area contributed by atoms with Crippen LogP contribution in [-0.2, 0) is 62.2 Å². The number of nitrogens with zero attached hydrogens (tertiary/aromatic N) is 10. The first-order valence-corrected chi connectivity index (χ1v) is 34.8. The molecule has 2 aliphatic rings. The van der Waals surface area contributed by atoms with Gasteiger partial charge in [0.2, 0.25) is 65.3 Å². The Labute approximate surface area is 575 Å². The highest BCUT2D eigenvalue weighted by Crippen LogP contribution is 2.28. The van der Waals surface area contributed by atoms with Gasteiger partial charge in [0.15, 0.2) is 0 Å². The Morgan fingerprint density at radius 1 is 0.479 bits per heavy atom. The summed E-state index contributed by atoms with van der Waals surface area (Å²) in [4.78, 5) is 179. The van der Waals surface area contributed by atoms with Crippen LogP contribution in [-0.4, -0.2) is 295 Å². The first kappa shape index (κ1) is 85.8. The maximum atomic E-state index is 15.6. The largest absolute Gasteiger partial charge is 0.390 e. The number of morpholine rings is 1. The van der Waals surface area contributed by atoms with Crippen molar-refractivity contribution < 1.29 is 67.3 Å². The second-order valence-corrected chi connectivity index (χ2v) is 29.3. The number of allylic oxidation sites excluding steroid dienone is 2. The van der Waals surface area contributed by atoms with Gasteiger partial charge >= 0.3 is 0 Å². The molecule has 0 aliphatic carbocycles. The van der Waals surface area contributed by atoms with Crippen molar-refractivity contribution in [2.45, 2.75) is 229 Å². The van der Waals surface area contributed by atoms with Gasteiger partial charge in [-0.3, -0.25) is 57.6 Å². The van der Waals surface area contributed by atoms with Crippen LogP contribution in [0.25, 0.3) is 0 Å².